The van der Waals surface area contributed by atoms with E-state index in [9.17, 15) is 8.42 Å². The van der Waals surface area contributed by atoms with Crippen molar-refractivity contribution in [2.45, 2.75) is 38.5 Å². The van der Waals surface area contributed by atoms with Crippen LogP contribution in [0.2, 0.25) is 0 Å². The molecule has 0 amide bonds. The van der Waals surface area contributed by atoms with E-state index >= 15 is 0 Å². The third kappa shape index (κ3) is 2.43. The first-order valence-corrected chi connectivity index (χ1v) is 9.31. The lowest BCUT2D eigenvalue weighted by Crippen LogP contribution is -2.51. The predicted molar refractivity (Wildman–Crippen MR) is 71.3 cm³/mol. The van der Waals surface area contributed by atoms with Gasteiger partial charge < -0.3 is 0 Å². The van der Waals surface area contributed by atoms with Gasteiger partial charge in [0.05, 0.1) is 0 Å². The number of rotatable bonds is 4. The van der Waals surface area contributed by atoms with Crippen molar-refractivity contribution in [2.75, 3.05) is 11.2 Å². The van der Waals surface area contributed by atoms with Crippen molar-refractivity contribution in [2.24, 2.45) is 23.2 Å². The van der Waals surface area contributed by atoms with Gasteiger partial charge in [0, 0.05) is 6.54 Å². The van der Waals surface area contributed by atoms with Crippen LogP contribution in [0.25, 0.3) is 0 Å². The summed E-state index contributed by atoms with van der Waals surface area (Å²) in [6.45, 7) is 0.671. The van der Waals surface area contributed by atoms with Gasteiger partial charge in [-0.1, -0.05) is 15.9 Å². The molecule has 5 heteroatoms. The Labute approximate surface area is 112 Å². The third-order valence-electron chi connectivity index (χ3n) is 4.98. The van der Waals surface area contributed by atoms with Crippen LogP contribution in [0.1, 0.15) is 38.5 Å². The summed E-state index contributed by atoms with van der Waals surface area (Å²) in [6.07, 6.45) is 7.98. The van der Waals surface area contributed by atoms with Gasteiger partial charge in [-0.3, -0.25) is 0 Å². The van der Waals surface area contributed by atoms with Gasteiger partial charge in [-0.05, 0) is 61.7 Å². The average Bonchev–Trinajstić information content (AvgIpc) is 2.25. The van der Waals surface area contributed by atoms with Gasteiger partial charge in [-0.2, -0.15) is 0 Å². The highest BCUT2D eigenvalue weighted by Crippen LogP contribution is 2.59. The average molecular weight is 322 g/mol. The lowest BCUT2D eigenvalue weighted by Gasteiger charge is -2.56. The molecule has 1 N–H and O–H groups in total. The molecule has 4 aliphatic carbocycles. The highest BCUT2D eigenvalue weighted by atomic mass is 79.9. The number of hydrogen-bond acceptors (Lipinski definition) is 2. The van der Waals surface area contributed by atoms with Crippen molar-refractivity contribution >= 4 is 26.0 Å². The zero-order chi connectivity index (χ0) is 12.1. The maximum atomic E-state index is 11.5. The van der Waals surface area contributed by atoms with E-state index in [0.29, 0.717) is 12.0 Å². The molecule has 0 aliphatic heterocycles. The lowest BCUT2D eigenvalue weighted by atomic mass is 9.50. The van der Waals surface area contributed by atoms with Crippen LogP contribution >= 0.6 is 15.9 Å². The smallest absolute Gasteiger partial charge is 0.214 e. The van der Waals surface area contributed by atoms with Gasteiger partial charge in [-0.15, -0.1) is 0 Å². The maximum Gasteiger partial charge on any atom is 0.221 e. The van der Waals surface area contributed by atoms with Crippen LogP contribution in [0.4, 0.5) is 0 Å². The molecule has 0 atom stereocenters. The highest BCUT2D eigenvalue weighted by molar-refractivity contribution is 9.10. The Balaban J connectivity index is 1.70. The standard InChI is InChI=1S/C12H20BrNO2S/c13-8-17(15,16)14-7-12-4-9-1-10(5-12)3-11(2-9)6-12/h9-11,14H,1-8H2. The first-order valence-electron chi connectivity index (χ1n) is 6.54. The predicted octanol–water partition coefficient (Wildman–Crippen LogP) is 2.47. The third-order valence-corrected chi connectivity index (χ3v) is 7.66. The highest BCUT2D eigenvalue weighted by Gasteiger charge is 2.50. The van der Waals surface area contributed by atoms with E-state index in [0.717, 1.165) is 17.8 Å². The minimum Gasteiger partial charge on any atom is -0.214 e. The van der Waals surface area contributed by atoms with Crippen molar-refractivity contribution in [3.05, 3.63) is 0 Å². The monoisotopic (exact) mass is 321 g/mol. The fraction of sp³-hybridized carbons (Fsp3) is 1.00. The molecule has 4 bridgehead atoms. The summed E-state index contributed by atoms with van der Waals surface area (Å²) in [7, 11) is -3.10. The van der Waals surface area contributed by atoms with Crippen molar-refractivity contribution in [3.8, 4) is 0 Å². The molecule has 17 heavy (non-hydrogen) atoms. The lowest BCUT2D eigenvalue weighted by molar-refractivity contribution is -0.0486. The van der Waals surface area contributed by atoms with Crippen LogP contribution in [0, 0.1) is 23.2 Å². The molecule has 0 spiro atoms. The summed E-state index contributed by atoms with van der Waals surface area (Å²) >= 11 is 3.03. The second kappa shape index (κ2) is 4.20. The van der Waals surface area contributed by atoms with Crippen LogP contribution in [0.5, 0.6) is 0 Å². The molecular formula is C12H20BrNO2S. The summed E-state index contributed by atoms with van der Waals surface area (Å²) in [5, 5.41) is 0. The number of hydrogen-bond donors (Lipinski definition) is 1. The molecule has 0 aromatic heterocycles. The van der Waals surface area contributed by atoms with Crippen molar-refractivity contribution in [1.82, 2.24) is 4.72 Å². The number of alkyl halides is 1. The Hall–Kier alpha value is 0.390. The van der Waals surface area contributed by atoms with E-state index in [1.807, 2.05) is 0 Å². The van der Waals surface area contributed by atoms with E-state index in [-0.39, 0.29) is 4.66 Å². The number of nitrogens with one attached hydrogen (secondary N) is 1. The Morgan fingerprint density at radius 1 is 1.06 bits per heavy atom. The van der Waals surface area contributed by atoms with Crippen molar-refractivity contribution in [3.63, 3.8) is 0 Å². The molecule has 4 aliphatic rings. The first-order chi connectivity index (χ1) is 8.00. The quantitative estimate of drug-likeness (QED) is 0.808. The summed E-state index contributed by atoms with van der Waals surface area (Å²) < 4.78 is 25.9. The molecule has 0 aromatic rings. The van der Waals surface area contributed by atoms with Crippen LogP contribution in [-0.2, 0) is 10.0 Å². The van der Waals surface area contributed by atoms with Crippen LogP contribution in [-0.4, -0.2) is 19.6 Å². The van der Waals surface area contributed by atoms with Gasteiger partial charge >= 0.3 is 0 Å². The maximum absolute atomic E-state index is 11.5. The Morgan fingerprint density at radius 3 is 1.94 bits per heavy atom. The molecular weight excluding hydrogens is 302 g/mol. The second-order valence-corrected chi connectivity index (χ2v) is 9.57. The molecule has 4 rings (SSSR count). The van der Waals surface area contributed by atoms with E-state index < -0.39 is 10.0 Å². The molecule has 0 unspecified atom stereocenters. The molecule has 0 heterocycles. The second-order valence-electron chi connectivity index (χ2n) is 6.46. The van der Waals surface area contributed by atoms with Crippen LogP contribution in [0.15, 0.2) is 0 Å². The topological polar surface area (TPSA) is 46.2 Å². The Bertz CT molecular complexity index is 371. The Morgan fingerprint density at radius 2 is 1.53 bits per heavy atom. The van der Waals surface area contributed by atoms with Gasteiger partial charge in [-0.25, -0.2) is 13.1 Å². The van der Waals surface area contributed by atoms with E-state index in [1.165, 1.54) is 38.5 Å². The van der Waals surface area contributed by atoms with Gasteiger partial charge in [0.15, 0.2) is 0 Å². The molecule has 0 saturated heterocycles. The zero-order valence-electron chi connectivity index (χ0n) is 9.99. The summed E-state index contributed by atoms with van der Waals surface area (Å²) in [6, 6.07) is 0. The van der Waals surface area contributed by atoms with Crippen LogP contribution < -0.4 is 4.72 Å². The van der Waals surface area contributed by atoms with E-state index in [1.54, 1.807) is 0 Å². The molecule has 4 saturated carbocycles. The molecule has 4 fully saturated rings. The fourth-order valence-corrected chi connectivity index (χ4v) is 5.90. The van der Waals surface area contributed by atoms with Gasteiger partial charge in [0.1, 0.15) is 4.66 Å². The number of halogens is 1. The fourth-order valence-electron chi connectivity index (χ4n) is 4.81. The van der Waals surface area contributed by atoms with Gasteiger partial charge in [0.25, 0.3) is 0 Å². The van der Waals surface area contributed by atoms with Gasteiger partial charge in [0.2, 0.25) is 10.0 Å². The number of sulfonamides is 1. The summed E-state index contributed by atoms with van der Waals surface area (Å²) in [4.78, 5) is 0. The first kappa shape index (κ1) is 12.4. The van der Waals surface area contributed by atoms with E-state index in [2.05, 4.69) is 20.7 Å². The largest absolute Gasteiger partial charge is 0.221 e. The SMILES string of the molecule is O=S(=O)(CBr)NCC12CC3CC(CC(C3)C1)C2. The summed E-state index contributed by atoms with van der Waals surface area (Å²) in [5.74, 6) is 2.65. The Kier molecular flexibility index (Phi) is 3.07. The molecule has 0 radical (unpaired) electrons. The van der Waals surface area contributed by atoms with Crippen molar-refractivity contribution < 1.29 is 8.42 Å². The van der Waals surface area contributed by atoms with Crippen LogP contribution in [0.3, 0.4) is 0 Å². The normalized spacial score (nSPS) is 44.2. The van der Waals surface area contributed by atoms with E-state index in [4.69, 9.17) is 0 Å². The molecule has 98 valence electrons. The van der Waals surface area contributed by atoms with Crippen molar-refractivity contribution in [1.29, 1.82) is 0 Å². The zero-order valence-corrected chi connectivity index (χ0v) is 12.4. The minimum absolute atomic E-state index is 0.0202. The minimum atomic E-state index is -3.10. The summed E-state index contributed by atoms with van der Waals surface area (Å²) in [5.41, 5.74) is 0.296. The molecule has 3 nitrogen and oxygen atoms in total. The molecule has 0 aromatic carbocycles.